The maximum Gasteiger partial charge on any atom is 0.361 e. The molecule has 1 aliphatic rings. The Kier molecular flexibility index (Phi) is 4.57. The zero-order chi connectivity index (χ0) is 15.5. The third kappa shape index (κ3) is 3.21. The summed E-state index contributed by atoms with van der Waals surface area (Å²) in [6.45, 7) is 1.83. The fourth-order valence-corrected chi connectivity index (χ4v) is 3.00. The van der Waals surface area contributed by atoms with Gasteiger partial charge in [-0.05, 0) is 56.9 Å². The predicted molar refractivity (Wildman–Crippen MR) is 86.1 cm³/mol. The van der Waals surface area contributed by atoms with E-state index in [0.717, 1.165) is 35.8 Å². The highest BCUT2D eigenvalue weighted by atomic mass is 79.9. The van der Waals surface area contributed by atoms with Gasteiger partial charge in [-0.2, -0.15) is 0 Å². The summed E-state index contributed by atoms with van der Waals surface area (Å²) in [7, 11) is 0. The lowest BCUT2D eigenvalue weighted by Crippen LogP contribution is -2.21. The lowest BCUT2D eigenvalue weighted by atomic mass is 9.98. The van der Waals surface area contributed by atoms with E-state index in [1.54, 1.807) is 4.68 Å². The van der Waals surface area contributed by atoms with Crippen LogP contribution in [0.3, 0.4) is 0 Å². The molecule has 5 nitrogen and oxygen atoms in total. The van der Waals surface area contributed by atoms with E-state index in [-0.39, 0.29) is 12.1 Å². The lowest BCUT2D eigenvalue weighted by Gasteiger charge is -2.21. The van der Waals surface area contributed by atoms with E-state index in [9.17, 15) is 4.79 Å². The van der Waals surface area contributed by atoms with Crippen molar-refractivity contribution >= 4 is 21.9 Å². The van der Waals surface area contributed by atoms with Crippen molar-refractivity contribution in [2.45, 2.75) is 45.1 Å². The number of carbonyl (C=O) groups is 1. The smallest absolute Gasteiger partial charge is 0.361 e. The van der Waals surface area contributed by atoms with Crippen LogP contribution in [0.15, 0.2) is 28.7 Å². The molecule has 3 rings (SSSR count). The standard InChI is InChI=1S/C16H18BrN3O2/c1-11-15(16(21)22-14-5-3-2-4-6-14)18-19-20(11)13-9-7-12(17)8-10-13/h7-10,14H,2-6H2,1H3. The quantitative estimate of drug-likeness (QED) is 0.777. The van der Waals surface area contributed by atoms with Crippen LogP contribution in [0, 0.1) is 6.92 Å². The molecule has 2 aromatic rings. The lowest BCUT2D eigenvalue weighted by molar-refractivity contribution is 0.0203. The minimum Gasteiger partial charge on any atom is -0.458 e. The summed E-state index contributed by atoms with van der Waals surface area (Å²) in [6, 6.07) is 7.69. The molecule has 1 heterocycles. The van der Waals surface area contributed by atoms with Gasteiger partial charge in [0.25, 0.3) is 0 Å². The molecule has 0 bridgehead atoms. The van der Waals surface area contributed by atoms with Crippen LogP contribution in [-0.2, 0) is 4.74 Å². The molecule has 0 unspecified atom stereocenters. The minimum atomic E-state index is -0.368. The highest BCUT2D eigenvalue weighted by Gasteiger charge is 2.23. The van der Waals surface area contributed by atoms with Crippen molar-refractivity contribution in [3.05, 3.63) is 40.1 Å². The summed E-state index contributed by atoms with van der Waals surface area (Å²) in [5.74, 6) is -0.368. The molecule has 0 aliphatic heterocycles. The third-order valence-corrected chi connectivity index (χ3v) is 4.51. The Morgan fingerprint density at radius 2 is 1.91 bits per heavy atom. The van der Waals surface area contributed by atoms with Crippen LogP contribution in [0.5, 0.6) is 0 Å². The van der Waals surface area contributed by atoms with Gasteiger partial charge in [-0.1, -0.05) is 27.6 Å². The average Bonchev–Trinajstić information content (AvgIpc) is 2.91. The first-order chi connectivity index (χ1) is 10.6. The van der Waals surface area contributed by atoms with Gasteiger partial charge in [-0.25, -0.2) is 9.48 Å². The van der Waals surface area contributed by atoms with E-state index in [1.165, 1.54) is 6.42 Å². The summed E-state index contributed by atoms with van der Waals surface area (Å²) in [6.07, 6.45) is 5.41. The zero-order valence-corrected chi connectivity index (χ0v) is 14.0. The van der Waals surface area contributed by atoms with Crippen LogP contribution in [0.2, 0.25) is 0 Å². The molecule has 0 spiro atoms. The predicted octanol–water partition coefficient (Wildman–Crippen LogP) is 3.83. The monoisotopic (exact) mass is 363 g/mol. The number of nitrogens with zero attached hydrogens (tertiary/aromatic N) is 3. The Bertz CT molecular complexity index is 661. The normalized spacial score (nSPS) is 15.7. The molecule has 22 heavy (non-hydrogen) atoms. The highest BCUT2D eigenvalue weighted by molar-refractivity contribution is 9.10. The summed E-state index contributed by atoms with van der Waals surface area (Å²) < 4.78 is 8.21. The first-order valence-corrected chi connectivity index (χ1v) is 8.33. The van der Waals surface area contributed by atoms with Crippen LogP contribution in [0.4, 0.5) is 0 Å². The third-order valence-electron chi connectivity index (χ3n) is 3.99. The van der Waals surface area contributed by atoms with Crippen molar-refractivity contribution in [1.29, 1.82) is 0 Å². The minimum absolute atomic E-state index is 0.0264. The van der Waals surface area contributed by atoms with Crippen LogP contribution < -0.4 is 0 Å². The molecular formula is C16H18BrN3O2. The Balaban J connectivity index is 1.77. The SMILES string of the molecule is Cc1c(C(=O)OC2CCCCC2)nnn1-c1ccc(Br)cc1. The molecule has 0 saturated heterocycles. The number of ether oxygens (including phenoxy) is 1. The van der Waals surface area contributed by atoms with Gasteiger partial charge in [0.1, 0.15) is 6.10 Å². The molecule has 1 aromatic carbocycles. The van der Waals surface area contributed by atoms with E-state index in [0.29, 0.717) is 11.4 Å². The maximum atomic E-state index is 12.3. The van der Waals surface area contributed by atoms with Gasteiger partial charge >= 0.3 is 5.97 Å². The van der Waals surface area contributed by atoms with Crippen molar-refractivity contribution in [2.75, 3.05) is 0 Å². The summed E-state index contributed by atoms with van der Waals surface area (Å²) in [5, 5.41) is 8.09. The first kappa shape index (κ1) is 15.2. The number of rotatable bonds is 3. The molecule has 0 atom stereocenters. The van der Waals surface area contributed by atoms with Crippen LogP contribution in [-0.4, -0.2) is 27.1 Å². The van der Waals surface area contributed by atoms with Crippen molar-refractivity contribution in [1.82, 2.24) is 15.0 Å². The van der Waals surface area contributed by atoms with E-state index < -0.39 is 0 Å². The number of aromatic nitrogens is 3. The average molecular weight is 364 g/mol. The maximum absolute atomic E-state index is 12.3. The number of carbonyl (C=O) groups excluding carboxylic acids is 1. The van der Waals surface area contributed by atoms with E-state index in [1.807, 2.05) is 31.2 Å². The molecule has 116 valence electrons. The Morgan fingerprint density at radius 3 is 2.59 bits per heavy atom. The van der Waals surface area contributed by atoms with Gasteiger partial charge in [0.15, 0.2) is 5.69 Å². The van der Waals surface area contributed by atoms with Crippen molar-refractivity contribution in [3.63, 3.8) is 0 Å². The van der Waals surface area contributed by atoms with Crippen LogP contribution in [0.25, 0.3) is 5.69 Å². The number of esters is 1. The molecule has 0 amide bonds. The summed E-state index contributed by atoms with van der Waals surface area (Å²) in [4.78, 5) is 12.3. The van der Waals surface area contributed by atoms with E-state index in [2.05, 4.69) is 26.2 Å². The number of hydrogen-bond acceptors (Lipinski definition) is 4. The second-order valence-corrected chi connectivity index (χ2v) is 6.49. The van der Waals surface area contributed by atoms with Gasteiger partial charge in [0.05, 0.1) is 11.4 Å². The summed E-state index contributed by atoms with van der Waals surface area (Å²) in [5.41, 5.74) is 1.86. The molecule has 1 saturated carbocycles. The Labute approximate surface area is 137 Å². The van der Waals surface area contributed by atoms with Gasteiger partial charge in [0, 0.05) is 4.47 Å². The second-order valence-electron chi connectivity index (χ2n) is 5.58. The van der Waals surface area contributed by atoms with Crippen LogP contribution in [0.1, 0.15) is 48.3 Å². The number of hydrogen-bond donors (Lipinski definition) is 0. The number of halogens is 1. The molecular weight excluding hydrogens is 346 g/mol. The molecule has 0 radical (unpaired) electrons. The zero-order valence-electron chi connectivity index (χ0n) is 12.5. The van der Waals surface area contributed by atoms with Crippen molar-refractivity contribution in [3.8, 4) is 5.69 Å². The molecule has 0 N–H and O–H groups in total. The fraction of sp³-hybridized carbons (Fsp3) is 0.438. The van der Waals surface area contributed by atoms with Gasteiger partial charge < -0.3 is 4.74 Å². The van der Waals surface area contributed by atoms with Crippen molar-refractivity contribution < 1.29 is 9.53 Å². The largest absolute Gasteiger partial charge is 0.458 e. The fourth-order valence-electron chi connectivity index (χ4n) is 2.74. The van der Waals surface area contributed by atoms with E-state index in [4.69, 9.17) is 4.74 Å². The molecule has 1 fully saturated rings. The van der Waals surface area contributed by atoms with Gasteiger partial charge in [-0.15, -0.1) is 5.10 Å². The van der Waals surface area contributed by atoms with Gasteiger partial charge in [0.2, 0.25) is 0 Å². The molecule has 1 aromatic heterocycles. The Hall–Kier alpha value is -1.69. The number of benzene rings is 1. The van der Waals surface area contributed by atoms with Crippen molar-refractivity contribution in [2.24, 2.45) is 0 Å². The summed E-state index contributed by atoms with van der Waals surface area (Å²) >= 11 is 3.40. The van der Waals surface area contributed by atoms with Crippen LogP contribution >= 0.6 is 15.9 Å². The molecule has 1 aliphatic carbocycles. The van der Waals surface area contributed by atoms with Gasteiger partial charge in [-0.3, -0.25) is 0 Å². The highest BCUT2D eigenvalue weighted by Crippen LogP contribution is 2.22. The second kappa shape index (κ2) is 6.60. The Morgan fingerprint density at radius 1 is 1.23 bits per heavy atom. The topological polar surface area (TPSA) is 57.0 Å². The molecule has 6 heteroatoms. The first-order valence-electron chi connectivity index (χ1n) is 7.54. The van der Waals surface area contributed by atoms with E-state index >= 15 is 0 Å².